The Labute approximate surface area is 163 Å². The van der Waals surface area contributed by atoms with Crippen molar-refractivity contribution in [1.29, 1.82) is 0 Å². The fourth-order valence-corrected chi connectivity index (χ4v) is 2.60. The first kappa shape index (κ1) is 20.7. The molecule has 0 unspecified atom stereocenters. The van der Waals surface area contributed by atoms with E-state index in [2.05, 4.69) is 15.0 Å². The Balaban J connectivity index is 2.52. The van der Waals surface area contributed by atoms with E-state index in [-0.39, 0.29) is 6.54 Å². The normalized spacial score (nSPS) is 11.1. The number of methoxy groups -OCH3 is 2. The van der Waals surface area contributed by atoms with Gasteiger partial charge in [-0.15, -0.1) is 0 Å². The van der Waals surface area contributed by atoms with Gasteiger partial charge in [0.05, 0.1) is 38.2 Å². The highest BCUT2D eigenvalue weighted by molar-refractivity contribution is 6.29. The number of amides is 1. The van der Waals surface area contributed by atoms with Gasteiger partial charge in [-0.1, -0.05) is 11.6 Å². The van der Waals surface area contributed by atoms with Crippen LogP contribution in [0.4, 0.5) is 10.5 Å². The van der Waals surface area contributed by atoms with Crippen molar-refractivity contribution in [3.8, 4) is 11.8 Å². The Bertz CT molecular complexity index is 801. The van der Waals surface area contributed by atoms with Crippen molar-refractivity contribution in [2.24, 2.45) is 0 Å². The first-order valence-corrected chi connectivity index (χ1v) is 8.58. The molecule has 0 aromatic carbocycles. The molecule has 1 amide bonds. The Morgan fingerprint density at radius 1 is 1.15 bits per heavy atom. The number of aromatic nitrogens is 3. The molecule has 2 aromatic heterocycles. The molecule has 2 aromatic rings. The molecule has 2 rings (SSSR count). The van der Waals surface area contributed by atoms with E-state index in [9.17, 15) is 4.79 Å². The van der Waals surface area contributed by atoms with Gasteiger partial charge in [0, 0.05) is 0 Å². The highest BCUT2D eigenvalue weighted by atomic mass is 35.5. The Morgan fingerprint density at radius 2 is 1.74 bits per heavy atom. The lowest BCUT2D eigenvalue weighted by molar-refractivity contribution is 0.0576. The Hall–Kier alpha value is -2.61. The monoisotopic (exact) mass is 394 g/mol. The largest absolute Gasteiger partial charge is 0.481 e. The van der Waals surface area contributed by atoms with Gasteiger partial charge in [0.2, 0.25) is 11.8 Å². The van der Waals surface area contributed by atoms with Crippen LogP contribution in [-0.4, -0.2) is 40.9 Å². The third kappa shape index (κ3) is 5.19. The maximum absolute atomic E-state index is 12.9. The number of carbonyl (C=O) groups excluding carboxylic acids is 1. The van der Waals surface area contributed by atoms with Gasteiger partial charge in [-0.2, -0.15) is 0 Å². The van der Waals surface area contributed by atoms with E-state index < -0.39 is 11.7 Å². The fourth-order valence-electron chi connectivity index (χ4n) is 2.39. The molecule has 0 spiro atoms. The average molecular weight is 395 g/mol. The van der Waals surface area contributed by atoms with Crippen molar-refractivity contribution in [3.05, 3.63) is 34.9 Å². The summed E-state index contributed by atoms with van der Waals surface area (Å²) in [4.78, 5) is 26.6. The molecule has 0 radical (unpaired) electrons. The zero-order valence-electron chi connectivity index (χ0n) is 16.2. The van der Waals surface area contributed by atoms with Gasteiger partial charge in [-0.25, -0.2) is 19.7 Å². The van der Waals surface area contributed by atoms with Crippen molar-refractivity contribution >= 4 is 23.4 Å². The van der Waals surface area contributed by atoms with Gasteiger partial charge >= 0.3 is 6.09 Å². The van der Waals surface area contributed by atoms with E-state index in [4.69, 9.17) is 25.8 Å². The highest BCUT2D eigenvalue weighted by Crippen LogP contribution is 2.30. The summed E-state index contributed by atoms with van der Waals surface area (Å²) in [6.45, 7) is 7.27. The number of hydrogen-bond acceptors (Lipinski definition) is 7. The molecule has 0 saturated heterocycles. The van der Waals surface area contributed by atoms with Crippen LogP contribution in [0.5, 0.6) is 11.8 Å². The van der Waals surface area contributed by atoms with Crippen LogP contribution in [0.15, 0.2) is 18.6 Å². The number of pyridine rings is 1. The van der Waals surface area contributed by atoms with E-state index in [1.54, 1.807) is 26.8 Å². The van der Waals surface area contributed by atoms with Gasteiger partial charge in [0.15, 0.2) is 0 Å². The Morgan fingerprint density at radius 3 is 2.22 bits per heavy atom. The van der Waals surface area contributed by atoms with Crippen molar-refractivity contribution in [2.75, 3.05) is 19.1 Å². The maximum atomic E-state index is 12.9. The Kier molecular flexibility index (Phi) is 6.43. The maximum Gasteiger partial charge on any atom is 0.415 e. The summed E-state index contributed by atoms with van der Waals surface area (Å²) in [6.07, 6.45) is 2.29. The summed E-state index contributed by atoms with van der Waals surface area (Å²) in [7, 11) is 2.97. The predicted octanol–water partition coefficient (Wildman–Crippen LogP) is 3.79. The first-order chi connectivity index (χ1) is 12.7. The lowest BCUT2D eigenvalue weighted by atomic mass is 10.2. The van der Waals surface area contributed by atoms with E-state index >= 15 is 0 Å². The van der Waals surface area contributed by atoms with E-state index in [0.29, 0.717) is 28.2 Å². The number of aryl methyl sites for hydroxylation is 1. The second-order valence-electron chi connectivity index (χ2n) is 6.73. The number of anilines is 1. The summed E-state index contributed by atoms with van der Waals surface area (Å²) in [6, 6.07) is 1.67. The van der Waals surface area contributed by atoms with Crippen molar-refractivity contribution in [3.63, 3.8) is 0 Å². The zero-order chi connectivity index (χ0) is 20.2. The van der Waals surface area contributed by atoms with Crippen LogP contribution in [-0.2, 0) is 11.3 Å². The van der Waals surface area contributed by atoms with Crippen molar-refractivity contribution in [2.45, 2.75) is 39.8 Å². The summed E-state index contributed by atoms with van der Waals surface area (Å²) in [5.74, 6) is 0.602. The van der Waals surface area contributed by atoms with Gasteiger partial charge in [-0.3, -0.25) is 4.90 Å². The molecular weight excluding hydrogens is 372 g/mol. The smallest absolute Gasteiger partial charge is 0.415 e. The van der Waals surface area contributed by atoms with Crippen LogP contribution in [0.3, 0.4) is 0 Å². The van der Waals surface area contributed by atoms with Gasteiger partial charge < -0.3 is 14.2 Å². The van der Waals surface area contributed by atoms with Crippen LogP contribution < -0.4 is 14.4 Å². The molecule has 0 saturated carbocycles. The molecule has 2 heterocycles. The van der Waals surface area contributed by atoms with E-state index in [1.165, 1.54) is 31.6 Å². The summed E-state index contributed by atoms with van der Waals surface area (Å²) < 4.78 is 16.2. The van der Waals surface area contributed by atoms with E-state index in [0.717, 1.165) is 5.56 Å². The number of nitrogens with zero attached hydrogens (tertiary/aromatic N) is 4. The highest BCUT2D eigenvalue weighted by Gasteiger charge is 2.28. The quantitative estimate of drug-likeness (QED) is 0.713. The zero-order valence-corrected chi connectivity index (χ0v) is 17.0. The van der Waals surface area contributed by atoms with Crippen molar-refractivity contribution in [1.82, 2.24) is 15.0 Å². The van der Waals surface area contributed by atoms with Crippen LogP contribution in [0, 0.1) is 6.92 Å². The summed E-state index contributed by atoms with van der Waals surface area (Å²) in [5, 5.41) is 0.332. The van der Waals surface area contributed by atoms with Crippen LogP contribution >= 0.6 is 11.6 Å². The van der Waals surface area contributed by atoms with Crippen LogP contribution in [0.25, 0.3) is 0 Å². The van der Waals surface area contributed by atoms with Gasteiger partial charge in [-0.05, 0) is 39.3 Å². The third-order valence-electron chi connectivity index (χ3n) is 3.52. The SMILES string of the molecule is COc1ncnc(OC)c1CN(C(=O)OC(C)(C)C)c1cnc(Cl)cc1C. The second-order valence-corrected chi connectivity index (χ2v) is 7.12. The fraction of sp³-hybridized carbons (Fsp3) is 0.444. The predicted molar refractivity (Wildman–Crippen MR) is 102 cm³/mol. The number of ether oxygens (including phenoxy) is 3. The molecule has 0 N–H and O–H groups in total. The topological polar surface area (TPSA) is 86.7 Å². The minimum Gasteiger partial charge on any atom is -0.481 e. The first-order valence-electron chi connectivity index (χ1n) is 8.20. The summed E-state index contributed by atoms with van der Waals surface area (Å²) >= 11 is 5.96. The minimum absolute atomic E-state index is 0.0618. The number of rotatable bonds is 5. The third-order valence-corrected chi connectivity index (χ3v) is 3.73. The molecular formula is C18H23ClN4O4. The van der Waals surface area contributed by atoms with E-state index in [1.807, 2.05) is 6.92 Å². The molecule has 0 atom stereocenters. The lowest BCUT2D eigenvalue weighted by Crippen LogP contribution is -2.37. The molecule has 0 bridgehead atoms. The number of carbonyl (C=O) groups is 1. The number of halogens is 1. The average Bonchev–Trinajstić information content (AvgIpc) is 2.58. The molecule has 0 aliphatic rings. The van der Waals surface area contributed by atoms with Gasteiger partial charge in [0.25, 0.3) is 0 Å². The molecule has 0 fully saturated rings. The van der Waals surface area contributed by atoms with Crippen molar-refractivity contribution < 1.29 is 19.0 Å². The summed E-state index contributed by atoms with van der Waals surface area (Å²) in [5.41, 5.74) is 1.13. The van der Waals surface area contributed by atoms with Crippen LogP contribution in [0.2, 0.25) is 5.15 Å². The minimum atomic E-state index is -0.676. The number of hydrogen-bond donors (Lipinski definition) is 0. The van der Waals surface area contributed by atoms with Gasteiger partial charge in [0.1, 0.15) is 17.1 Å². The molecule has 146 valence electrons. The molecule has 27 heavy (non-hydrogen) atoms. The molecule has 0 aliphatic heterocycles. The lowest BCUT2D eigenvalue weighted by Gasteiger charge is -2.28. The molecule has 0 aliphatic carbocycles. The molecule has 9 heteroatoms. The standard InChI is InChI=1S/C18H23ClN4O4/c1-11-7-14(19)20-8-13(11)23(17(24)27-18(2,3)4)9-12-15(25-5)21-10-22-16(12)26-6/h7-8,10H,9H2,1-6H3. The second kappa shape index (κ2) is 8.39. The van der Waals surface area contributed by atoms with Crippen LogP contribution in [0.1, 0.15) is 31.9 Å². The molecule has 8 nitrogen and oxygen atoms in total.